The summed E-state index contributed by atoms with van der Waals surface area (Å²) in [7, 11) is 0. The van der Waals surface area contributed by atoms with Gasteiger partial charge in [-0.2, -0.15) is 30.7 Å². The van der Waals surface area contributed by atoms with Gasteiger partial charge in [0.25, 0.3) is 0 Å². The number of ether oxygens (including phenoxy) is 2. The summed E-state index contributed by atoms with van der Waals surface area (Å²) in [5.41, 5.74) is 0. The van der Waals surface area contributed by atoms with Gasteiger partial charge in [0.05, 0.1) is 0 Å². The largest absolute Gasteiger partial charge is 0.486 e. The Bertz CT molecular complexity index is 507. The third-order valence-corrected chi connectivity index (χ3v) is 2.48. The normalized spacial score (nSPS) is 14.5. The van der Waals surface area contributed by atoms with E-state index in [1.54, 1.807) is 0 Å². The molecule has 4 nitrogen and oxygen atoms in total. The molecular formula is C12H10F8O4. The van der Waals surface area contributed by atoms with Crippen molar-refractivity contribution in [1.82, 2.24) is 0 Å². The fraction of sp³-hybridized carbons (Fsp3) is 0.500. The van der Waals surface area contributed by atoms with E-state index in [1.807, 2.05) is 0 Å². The van der Waals surface area contributed by atoms with Gasteiger partial charge in [0, 0.05) is 12.2 Å². The lowest BCUT2D eigenvalue weighted by molar-refractivity contribution is -0.440. The Morgan fingerprint density at radius 3 is 1.46 bits per heavy atom. The average molecular weight is 370 g/mol. The highest BCUT2D eigenvalue weighted by Crippen LogP contribution is 2.54. The molecule has 0 radical (unpaired) electrons. The molecule has 0 aromatic carbocycles. The number of esters is 2. The Balaban J connectivity index is 6.23. The van der Waals surface area contributed by atoms with E-state index in [0.29, 0.717) is 0 Å². The van der Waals surface area contributed by atoms with E-state index in [9.17, 15) is 44.7 Å². The third kappa shape index (κ3) is 3.51. The molecule has 138 valence electrons. The Hall–Kier alpha value is -2.14. The van der Waals surface area contributed by atoms with Crippen molar-refractivity contribution >= 4 is 11.9 Å². The number of hydrogen-bond donors (Lipinski definition) is 0. The van der Waals surface area contributed by atoms with Gasteiger partial charge in [-0.1, -0.05) is 13.2 Å². The maximum atomic E-state index is 14.1. The van der Waals surface area contributed by atoms with Crippen LogP contribution in [0.25, 0.3) is 0 Å². The molecule has 0 saturated heterocycles. The highest BCUT2D eigenvalue weighted by Gasteiger charge is 2.84. The van der Waals surface area contributed by atoms with Crippen LogP contribution in [0.2, 0.25) is 0 Å². The van der Waals surface area contributed by atoms with E-state index < -0.39 is 41.9 Å². The summed E-state index contributed by atoms with van der Waals surface area (Å²) in [5, 5.41) is 0. The van der Waals surface area contributed by atoms with Crippen LogP contribution in [0.5, 0.6) is 0 Å². The van der Waals surface area contributed by atoms with E-state index >= 15 is 0 Å². The lowest BCUT2D eigenvalue weighted by Gasteiger charge is -2.38. The van der Waals surface area contributed by atoms with Crippen molar-refractivity contribution in [1.29, 1.82) is 0 Å². The second kappa shape index (κ2) is 6.77. The SMILES string of the molecule is C=CC(=O)OC(F)(OC(=O)C=C)C(F)(F)C(F)(F)C(F)(F)C(C)F. The van der Waals surface area contributed by atoms with Crippen molar-refractivity contribution < 1.29 is 54.2 Å². The zero-order valence-electron chi connectivity index (χ0n) is 11.8. The minimum Gasteiger partial charge on any atom is -0.386 e. The van der Waals surface area contributed by atoms with Crippen LogP contribution in [0.3, 0.4) is 0 Å². The maximum Gasteiger partial charge on any atom is 0.486 e. The third-order valence-electron chi connectivity index (χ3n) is 2.48. The van der Waals surface area contributed by atoms with Crippen LogP contribution >= 0.6 is 0 Å². The first-order valence-corrected chi connectivity index (χ1v) is 5.78. The van der Waals surface area contributed by atoms with Crippen LogP contribution in [0, 0.1) is 0 Å². The first-order chi connectivity index (χ1) is 10.6. The van der Waals surface area contributed by atoms with Gasteiger partial charge in [-0.05, 0) is 6.92 Å². The summed E-state index contributed by atoms with van der Waals surface area (Å²) in [6, 6.07) is -5.70. The molecule has 0 fully saturated rings. The fourth-order valence-electron chi connectivity index (χ4n) is 1.14. The van der Waals surface area contributed by atoms with Crippen molar-refractivity contribution in [2.24, 2.45) is 0 Å². The molecule has 0 rings (SSSR count). The van der Waals surface area contributed by atoms with Crippen molar-refractivity contribution in [3.8, 4) is 0 Å². The van der Waals surface area contributed by atoms with E-state index in [2.05, 4.69) is 22.6 Å². The van der Waals surface area contributed by atoms with Gasteiger partial charge < -0.3 is 9.47 Å². The number of halogens is 8. The predicted molar refractivity (Wildman–Crippen MR) is 61.8 cm³/mol. The van der Waals surface area contributed by atoms with Gasteiger partial charge in [0.1, 0.15) is 0 Å². The number of rotatable bonds is 8. The van der Waals surface area contributed by atoms with E-state index in [4.69, 9.17) is 0 Å². The van der Waals surface area contributed by atoms with Crippen LogP contribution < -0.4 is 0 Å². The monoisotopic (exact) mass is 370 g/mol. The van der Waals surface area contributed by atoms with Gasteiger partial charge in [0.2, 0.25) is 0 Å². The lowest BCUT2D eigenvalue weighted by Crippen LogP contribution is -2.67. The molecule has 0 N–H and O–H groups in total. The zero-order chi connectivity index (χ0) is 19.6. The summed E-state index contributed by atoms with van der Waals surface area (Å²) in [6.45, 7) is 5.05. The van der Waals surface area contributed by atoms with Crippen LogP contribution in [0.1, 0.15) is 6.92 Å². The molecule has 0 aromatic rings. The highest BCUT2D eigenvalue weighted by molar-refractivity contribution is 5.83. The minimum absolute atomic E-state index is 0.0137. The number of carbonyl (C=O) groups excluding carboxylic acids is 2. The molecule has 0 aromatic heterocycles. The first-order valence-electron chi connectivity index (χ1n) is 5.78. The molecule has 0 bridgehead atoms. The number of carbonyl (C=O) groups is 2. The second-order valence-electron chi connectivity index (χ2n) is 4.17. The molecule has 1 atom stereocenters. The second-order valence-corrected chi connectivity index (χ2v) is 4.17. The molecular weight excluding hydrogens is 360 g/mol. The minimum atomic E-state index is -6.77. The fourth-order valence-corrected chi connectivity index (χ4v) is 1.14. The van der Waals surface area contributed by atoms with Crippen LogP contribution in [-0.4, -0.2) is 41.9 Å². The average Bonchev–Trinajstić information content (AvgIpc) is 2.45. The van der Waals surface area contributed by atoms with Crippen molar-refractivity contribution in [3.05, 3.63) is 25.3 Å². The summed E-state index contributed by atoms with van der Waals surface area (Å²) < 4.78 is 113. The van der Waals surface area contributed by atoms with Crippen LogP contribution in [0.15, 0.2) is 25.3 Å². The Kier molecular flexibility index (Phi) is 6.17. The van der Waals surface area contributed by atoms with Crippen molar-refractivity contribution in [2.45, 2.75) is 36.9 Å². The first kappa shape index (κ1) is 21.9. The van der Waals surface area contributed by atoms with Crippen LogP contribution in [0.4, 0.5) is 35.1 Å². The van der Waals surface area contributed by atoms with E-state index in [0.717, 1.165) is 0 Å². The van der Waals surface area contributed by atoms with Gasteiger partial charge >= 0.3 is 35.7 Å². The Morgan fingerprint density at radius 2 is 1.21 bits per heavy atom. The summed E-state index contributed by atoms with van der Waals surface area (Å²) >= 11 is 0. The standard InChI is InChI=1S/C12H10F8O4/c1-4-7(21)23-12(20,24-8(22)5-2)11(18,19)10(16,17)9(14,15)6(3)13/h4-6H,1-2H2,3H3. The Labute approximate surface area is 129 Å². The quantitative estimate of drug-likeness (QED) is 0.285. The zero-order valence-corrected chi connectivity index (χ0v) is 11.8. The molecule has 0 amide bonds. The topological polar surface area (TPSA) is 52.6 Å². The van der Waals surface area contributed by atoms with Crippen molar-refractivity contribution in [3.63, 3.8) is 0 Å². The highest BCUT2D eigenvalue weighted by atomic mass is 19.4. The Morgan fingerprint density at radius 1 is 0.875 bits per heavy atom. The van der Waals surface area contributed by atoms with Crippen LogP contribution in [-0.2, 0) is 19.1 Å². The van der Waals surface area contributed by atoms with Gasteiger partial charge in [-0.15, -0.1) is 0 Å². The lowest BCUT2D eigenvalue weighted by atomic mass is 9.99. The molecule has 24 heavy (non-hydrogen) atoms. The molecule has 0 heterocycles. The molecule has 0 aliphatic heterocycles. The maximum absolute atomic E-state index is 14.1. The molecule has 0 aliphatic rings. The number of alkyl halides is 8. The summed E-state index contributed by atoms with van der Waals surface area (Å²) in [4.78, 5) is 21.6. The molecule has 0 spiro atoms. The van der Waals surface area contributed by atoms with Crippen molar-refractivity contribution in [2.75, 3.05) is 0 Å². The molecule has 0 aliphatic carbocycles. The van der Waals surface area contributed by atoms with Gasteiger partial charge in [-0.3, -0.25) is 0 Å². The predicted octanol–water partition coefficient (Wildman–Crippen LogP) is 3.33. The summed E-state index contributed by atoms with van der Waals surface area (Å²) in [6.07, 6.45) is -3.90. The number of hydrogen-bond acceptors (Lipinski definition) is 4. The molecule has 1 unspecified atom stereocenters. The van der Waals surface area contributed by atoms with E-state index in [-0.39, 0.29) is 19.1 Å². The van der Waals surface area contributed by atoms with Gasteiger partial charge in [0.15, 0.2) is 6.17 Å². The van der Waals surface area contributed by atoms with E-state index in [1.165, 1.54) is 0 Å². The smallest absolute Gasteiger partial charge is 0.386 e. The summed E-state index contributed by atoms with van der Waals surface area (Å²) in [5.74, 6) is -23.9. The van der Waals surface area contributed by atoms with Gasteiger partial charge in [-0.25, -0.2) is 14.0 Å². The molecule has 12 heteroatoms. The molecule has 0 saturated carbocycles.